The van der Waals surface area contributed by atoms with Crippen molar-refractivity contribution in [3.63, 3.8) is 0 Å². The van der Waals surface area contributed by atoms with Crippen molar-refractivity contribution >= 4 is 17.3 Å². The fraction of sp³-hybridized carbons (Fsp3) is 0.435. The normalized spacial score (nSPS) is 14.9. The number of rotatable bonds is 7. The Bertz CT molecular complexity index is 783. The number of nitrogens with zero attached hydrogens (tertiary/aromatic N) is 2. The first-order valence-corrected chi connectivity index (χ1v) is 10.1. The molecule has 3 rings (SSSR count). The number of carbonyl (C=O) groups is 1. The second-order valence-electron chi connectivity index (χ2n) is 7.63. The Labute approximate surface area is 168 Å². The summed E-state index contributed by atoms with van der Waals surface area (Å²) >= 11 is 0. The zero-order chi connectivity index (χ0) is 19.9. The predicted octanol–water partition coefficient (Wildman–Crippen LogP) is 3.93. The summed E-state index contributed by atoms with van der Waals surface area (Å²) in [6.07, 6.45) is 0.559. The summed E-state index contributed by atoms with van der Waals surface area (Å²) in [4.78, 5) is 17.2. The lowest BCUT2D eigenvalue weighted by Gasteiger charge is -2.36. The maximum atomic E-state index is 12.4. The fourth-order valence-electron chi connectivity index (χ4n) is 3.45. The Hall–Kier alpha value is -2.53. The summed E-state index contributed by atoms with van der Waals surface area (Å²) in [6.45, 7) is 10.8. The van der Waals surface area contributed by atoms with Crippen LogP contribution in [0.1, 0.15) is 25.8 Å². The first-order valence-electron chi connectivity index (χ1n) is 10.1. The molecular weight excluding hydrogens is 350 g/mol. The maximum Gasteiger partial charge on any atom is 0.225 e. The van der Waals surface area contributed by atoms with Crippen LogP contribution >= 0.6 is 0 Å². The average molecular weight is 382 g/mol. The van der Waals surface area contributed by atoms with Crippen molar-refractivity contribution in [1.82, 2.24) is 4.90 Å². The Balaban J connectivity index is 1.45. The summed E-state index contributed by atoms with van der Waals surface area (Å²) in [5.41, 5.74) is 3.32. The quantitative estimate of drug-likeness (QED) is 0.789. The van der Waals surface area contributed by atoms with E-state index in [0.717, 1.165) is 44.2 Å². The van der Waals surface area contributed by atoms with Crippen LogP contribution in [0.2, 0.25) is 0 Å². The predicted molar refractivity (Wildman–Crippen MR) is 115 cm³/mol. The molecule has 1 fully saturated rings. The third kappa shape index (κ3) is 5.73. The molecule has 2 aromatic rings. The van der Waals surface area contributed by atoms with Crippen LogP contribution < -0.4 is 15.0 Å². The SMILES string of the molecule is Cc1cccc(N2CCN(CCC(=O)Nc3ccccc3OC(C)C)CC2)c1. The van der Waals surface area contributed by atoms with Crippen molar-refractivity contribution in [2.75, 3.05) is 42.9 Å². The van der Waals surface area contributed by atoms with Gasteiger partial charge in [0.15, 0.2) is 0 Å². The molecule has 1 aliphatic rings. The molecule has 1 amide bonds. The molecule has 1 aliphatic heterocycles. The van der Waals surface area contributed by atoms with Crippen molar-refractivity contribution in [3.05, 3.63) is 54.1 Å². The second-order valence-corrected chi connectivity index (χ2v) is 7.63. The van der Waals surface area contributed by atoms with E-state index in [0.29, 0.717) is 6.42 Å². The topological polar surface area (TPSA) is 44.8 Å². The number of aryl methyl sites for hydroxylation is 1. The van der Waals surface area contributed by atoms with Gasteiger partial charge in [-0.05, 0) is 50.6 Å². The van der Waals surface area contributed by atoms with Gasteiger partial charge >= 0.3 is 0 Å². The number of amides is 1. The van der Waals surface area contributed by atoms with E-state index >= 15 is 0 Å². The summed E-state index contributed by atoms with van der Waals surface area (Å²) in [5, 5.41) is 3.00. The number of benzene rings is 2. The van der Waals surface area contributed by atoms with E-state index in [-0.39, 0.29) is 12.0 Å². The second kappa shape index (κ2) is 9.60. The van der Waals surface area contributed by atoms with Gasteiger partial charge in [0.05, 0.1) is 11.8 Å². The van der Waals surface area contributed by atoms with Crippen molar-refractivity contribution in [3.8, 4) is 5.75 Å². The van der Waals surface area contributed by atoms with Crippen LogP contribution in [0.15, 0.2) is 48.5 Å². The van der Waals surface area contributed by atoms with Gasteiger partial charge in [0.2, 0.25) is 5.91 Å². The van der Waals surface area contributed by atoms with Crippen LogP contribution in [0.4, 0.5) is 11.4 Å². The van der Waals surface area contributed by atoms with Gasteiger partial charge < -0.3 is 15.0 Å². The van der Waals surface area contributed by atoms with E-state index in [9.17, 15) is 4.79 Å². The zero-order valence-corrected chi connectivity index (χ0v) is 17.1. The largest absolute Gasteiger partial charge is 0.489 e. The minimum atomic E-state index is 0.0286. The molecule has 0 aromatic heterocycles. The smallest absolute Gasteiger partial charge is 0.225 e. The van der Waals surface area contributed by atoms with E-state index in [1.165, 1.54) is 11.3 Å². The maximum absolute atomic E-state index is 12.4. The molecule has 1 N–H and O–H groups in total. The van der Waals surface area contributed by atoms with Crippen molar-refractivity contribution < 1.29 is 9.53 Å². The minimum absolute atomic E-state index is 0.0286. The number of para-hydroxylation sites is 2. The molecule has 1 saturated heterocycles. The summed E-state index contributed by atoms with van der Waals surface area (Å²) in [5.74, 6) is 0.749. The van der Waals surface area contributed by atoms with Crippen LogP contribution in [0.25, 0.3) is 0 Å². The zero-order valence-electron chi connectivity index (χ0n) is 17.1. The fourth-order valence-corrected chi connectivity index (χ4v) is 3.45. The van der Waals surface area contributed by atoms with Gasteiger partial charge in [0.1, 0.15) is 5.75 Å². The van der Waals surface area contributed by atoms with Gasteiger partial charge in [-0.1, -0.05) is 24.3 Å². The summed E-state index contributed by atoms with van der Waals surface area (Å²) in [6, 6.07) is 16.3. The van der Waals surface area contributed by atoms with Crippen LogP contribution in [0.5, 0.6) is 5.75 Å². The molecule has 150 valence electrons. The Kier molecular flexibility index (Phi) is 6.93. The van der Waals surface area contributed by atoms with E-state index in [1.54, 1.807) is 0 Å². The number of ether oxygens (including phenoxy) is 1. The molecule has 0 radical (unpaired) electrons. The van der Waals surface area contributed by atoms with Crippen LogP contribution in [-0.4, -0.2) is 49.6 Å². The lowest BCUT2D eigenvalue weighted by atomic mass is 10.2. The lowest BCUT2D eigenvalue weighted by Crippen LogP contribution is -2.47. The molecule has 28 heavy (non-hydrogen) atoms. The van der Waals surface area contributed by atoms with E-state index < -0.39 is 0 Å². The van der Waals surface area contributed by atoms with Crippen molar-refractivity contribution in [2.24, 2.45) is 0 Å². The molecule has 5 nitrogen and oxygen atoms in total. The van der Waals surface area contributed by atoms with Gasteiger partial charge in [-0.15, -0.1) is 0 Å². The van der Waals surface area contributed by atoms with Gasteiger partial charge in [-0.2, -0.15) is 0 Å². The molecule has 0 saturated carbocycles. The highest BCUT2D eigenvalue weighted by atomic mass is 16.5. The standard InChI is InChI=1S/C23H31N3O2/c1-18(2)28-22-10-5-4-9-21(22)24-23(27)11-12-25-13-15-26(16-14-25)20-8-6-7-19(3)17-20/h4-10,17-18H,11-16H2,1-3H3,(H,24,27). The van der Waals surface area contributed by atoms with Crippen LogP contribution in [-0.2, 0) is 4.79 Å². The van der Waals surface area contributed by atoms with Crippen molar-refractivity contribution in [2.45, 2.75) is 33.3 Å². The molecule has 1 heterocycles. The van der Waals surface area contributed by atoms with Crippen LogP contribution in [0, 0.1) is 6.92 Å². The number of nitrogens with one attached hydrogen (secondary N) is 1. The molecule has 0 atom stereocenters. The van der Waals surface area contributed by atoms with E-state index in [4.69, 9.17) is 4.74 Å². The molecular formula is C23H31N3O2. The van der Waals surface area contributed by atoms with Gasteiger partial charge in [0, 0.05) is 44.8 Å². The summed E-state index contributed by atoms with van der Waals surface area (Å²) < 4.78 is 5.77. The molecule has 0 aliphatic carbocycles. The number of hydrogen-bond donors (Lipinski definition) is 1. The highest BCUT2D eigenvalue weighted by Gasteiger charge is 2.18. The lowest BCUT2D eigenvalue weighted by molar-refractivity contribution is -0.116. The molecule has 0 bridgehead atoms. The third-order valence-corrected chi connectivity index (χ3v) is 4.92. The molecule has 5 heteroatoms. The number of hydrogen-bond acceptors (Lipinski definition) is 4. The van der Waals surface area contributed by atoms with Gasteiger partial charge in [0.25, 0.3) is 0 Å². The van der Waals surface area contributed by atoms with Gasteiger partial charge in [-0.25, -0.2) is 0 Å². The Morgan fingerprint density at radius 1 is 1.07 bits per heavy atom. The number of carbonyl (C=O) groups excluding carboxylic acids is 1. The minimum Gasteiger partial charge on any atom is -0.489 e. The molecule has 0 unspecified atom stereocenters. The number of anilines is 2. The van der Waals surface area contributed by atoms with E-state index in [1.807, 2.05) is 38.1 Å². The Morgan fingerprint density at radius 2 is 1.82 bits per heavy atom. The first-order chi connectivity index (χ1) is 13.5. The molecule has 0 spiro atoms. The molecule has 2 aromatic carbocycles. The monoisotopic (exact) mass is 381 g/mol. The highest BCUT2D eigenvalue weighted by Crippen LogP contribution is 2.25. The third-order valence-electron chi connectivity index (χ3n) is 4.92. The first kappa shape index (κ1) is 20.2. The Morgan fingerprint density at radius 3 is 2.54 bits per heavy atom. The van der Waals surface area contributed by atoms with Crippen molar-refractivity contribution in [1.29, 1.82) is 0 Å². The van der Waals surface area contributed by atoms with E-state index in [2.05, 4.69) is 46.3 Å². The number of piperazine rings is 1. The summed E-state index contributed by atoms with van der Waals surface area (Å²) in [7, 11) is 0. The van der Waals surface area contributed by atoms with Crippen LogP contribution in [0.3, 0.4) is 0 Å². The average Bonchev–Trinajstić information content (AvgIpc) is 2.68. The highest BCUT2D eigenvalue weighted by molar-refractivity contribution is 5.92. The van der Waals surface area contributed by atoms with Gasteiger partial charge in [-0.3, -0.25) is 9.69 Å².